The third-order valence-electron chi connectivity index (χ3n) is 11.4. The quantitative estimate of drug-likeness (QED) is 0.258. The number of rotatable bonds is 4. The minimum absolute atomic E-state index is 0.0208. The molecule has 5 aliphatic heterocycles. The molecule has 4 fully saturated rings. The van der Waals surface area contributed by atoms with Crippen molar-refractivity contribution in [2.45, 2.75) is 68.8 Å². The molecule has 50 heavy (non-hydrogen) atoms. The van der Waals surface area contributed by atoms with Crippen LogP contribution in [0.15, 0.2) is 42.2 Å². The van der Waals surface area contributed by atoms with Crippen molar-refractivity contribution in [3.8, 4) is 35.5 Å². The predicted molar refractivity (Wildman–Crippen MR) is 179 cm³/mol. The van der Waals surface area contributed by atoms with Crippen molar-refractivity contribution in [3.05, 3.63) is 59.4 Å². The van der Waals surface area contributed by atoms with Crippen LogP contribution >= 0.6 is 0 Å². The van der Waals surface area contributed by atoms with Crippen molar-refractivity contribution >= 4 is 33.6 Å². The zero-order chi connectivity index (χ0) is 34.5. The van der Waals surface area contributed by atoms with E-state index in [1.165, 1.54) is 11.0 Å². The number of anilines is 1. The minimum Gasteiger partial charge on any atom is -0.472 e. The van der Waals surface area contributed by atoms with Gasteiger partial charge in [0.1, 0.15) is 40.9 Å². The number of nitrogens with zero attached hydrogens (tertiary/aromatic N) is 6. The van der Waals surface area contributed by atoms with Crippen LogP contribution in [0.1, 0.15) is 44.6 Å². The Morgan fingerprint density at radius 1 is 1.20 bits per heavy atom. The molecule has 256 valence electrons. The monoisotopic (exact) mass is 682 g/mol. The normalized spacial score (nSPS) is 27.7. The Morgan fingerprint density at radius 3 is 2.86 bits per heavy atom. The van der Waals surface area contributed by atoms with E-state index in [2.05, 4.69) is 15.8 Å². The van der Waals surface area contributed by atoms with Crippen LogP contribution in [-0.4, -0.2) is 92.0 Å². The zero-order valence-electron chi connectivity index (χ0n) is 27.2. The highest BCUT2D eigenvalue weighted by molar-refractivity contribution is 6.03. The van der Waals surface area contributed by atoms with Gasteiger partial charge in [-0.3, -0.25) is 9.80 Å². The smallest absolute Gasteiger partial charge is 0.407 e. The molecule has 2 aromatic heterocycles. The number of carbonyl (C=O) groups is 1. The van der Waals surface area contributed by atoms with E-state index in [1.807, 2.05) is 11.8 Å². The summed E-state index contributed by atoms with van der Waals surface area (Å²) in [7, 11) is 0. The van der Waals surface area contributed by atoms with Crippen LogP contribution in [0, 0.1) is 24.0 Å². The lowest BCUT2D eigenvalue weighted by Crippen LogP contribution is -2.64. The Hall–Kier alpha value is -5.09. The maximum Gasteiger partial charge on any atom is 0.407 e. The summed E-state index contributed by atoms with van der Waals surface area (Å²) in [6, 6.07) is 6.73. The van der Waals surface area contributed by atoms with Crippen molar-refractivity contribution in [1.29, 1.82) is 0 Å². The molecule has 0 radical (unpaired) electrons. The van der Waals surface area contributed by atoms with E-state index in [9.17, 15) is 14.3 Å². The maximum absolute atomic E-state index is 17.2. The first-order valence-electron chi connectivity index (χ1n) is 16.9. The van der Waals surface area contributed by atoms with E-state index in [0.29, 0.717) is 60.8 Å². The number of fused-ring (bicyclic) bond motifs is 7. The van der Waals surface area contributed by atoms with E-state index in [1.54, 1.807) is 24.3 Å². The molecule has 0 aliphatic carbocycles. The maximum atomic E-state index is 17.2. The summed E-state index contributed by atoms with van der Waals surface area (Å²) in [6.45, 7) is 3.67. The second-order valence-corrected chi connectivity index (χ2v) is 14.0. The summed E-state index contributed by atoms with van der Waals surface area (Å²) in [5, 5.41) is 11.3. The van der Waals surface area contributed by atoms with Gasteiger partial charge in [-0.05, 0) is 62.6 Å². The lowest BCUT2D eigenvalue weighted by Gasteiger charge is -2.47. The minimum atomic E-state index is -0.999. The number of halogens is 3. The number of carboxylic acid groups (broad SMARTS) is 1. The molecule has 13 heteroatoms. The van der Waals surface area contributed by atoms with Crippen molar-refractivity contribution in [3.63, 3.8) is 0 Å². The number of benzene rings is 2. The average Bonchev–Trinajstić information content (AvgIpc) is 3.74. The first-order chi connectivity index (χ1) is 24.2. The molecule has 4 aromatic rings. The summed E-state index contributed by atoms with van der Waals surface area (Å²) < 4.78 is 58.7. The number of hydrogen-bond donors (Lipinski definition) is 1. The van der Waals surface area contributed by atoms with Crippen molar-refractivity contribution in [2.24, 2.45) is 0 Å². The van der Waals surface area contributed by atoms with Gasteiger partial charge in [-0.2, -0.15) is 9.97 Å². The molecule has 5 aliphatic rings. The number of amides is 1. The standard InChI is InChI=1S/C37H33F3N6O4/c1-3-23-25(39)10-8-21-6-4-7-24(27(21)23)30-29(40)31-28-33(43-35(42-31)49-18-37-12-5-13-44(37)16-20(14-37)15-38)45-17-22-9-11-26(46(22)36(47)48)32(45)19(2)50-34(28)41-30/h1,4,6-8,10,15,19,22,26,32H,5,9,11-14,16-18H2,2H3,(H,47,48). The fourth-order valence-electron chi connectivity index (χ4n) is 9.30. The van der Waals surface area contributed by atoms with E-state index in [4.69, 9.17) is 25.9 Å². The second kappa shape index (κ2) is 11.2. The fraction of sp³-hybridized carbons (Fsp3) is 0.405. The van der Waals surface area contributed by atoms with Crippen LogP contribution in [0.25, 0.3) is 32.9 Å². The van der Waals surface area contributed by atoms with Crippen molar-refractivity contribution in [2.75, 3.05) is 31.1 Å². The van der Waals surface area contributed by atoms with Gasteiger partial charge in [0.05, 0.1) is 35.6 Å². The number of hydrogen-bond acceptors (Lipinski definition) is 8. The number of aromatic nitrogens is 3. The molecule has 4 saturated heterocycles. The molecule has 0 spiro atoms. The molecule has 0 saturated carbocycles. The topological polar surface area (TPSA) is 104 Å². The van der Waals surface area contributed by atoms with Crippen LogP contribution in [0.4, 0.5) is 23.8 Å². The molecule has 2 aromatic carbocycles. The third kappa shape index (κ3) is 4.40. The number of pyridine rings is 1. The second-order valence-electron chi connectivity index (χ2n) is 14.0. The number of ether oxygens (including phenoxy) is 2. The number of terminal acetylenes is 1. The van der Waals surface area contributed by atoms with E-state index < -0.39 is 41.5 Å². The first-order valence-corrected chi connectivity index (χ1v) is 16.9. The van der Waals surface area contributed by atoms with Crippen LogP contribution in [-0.2, 0) is 0 Å². The van der Waals surface area contributed by atoms with Gasteiger partial charge in [-0.15, -0.1) is 6.42 Å². The van der Waals surface area contributed by atoms with Crippen LogP contribution in [0.5, 0.6) is 11.9 Å². The highest BCUT2D eigenvalue weighted by Crippen LogP contribution is 2.47. The summed E-state index contributed by atoms with van der Waals surface area (Å²) >= 11 is 0. The lowest BCUT2D eigenvalue weighted by molar-refractivity contribution is 0.0706. The highest BCUT2D eigenvalue weighted by atomic mass is 19.1. The molecule has 5 atom stereocenters. The average molecular weight is 683 g/mol. The predicted octanol–water partition coefficient (Wildman–Crippen LogP) is 6.06. The van der Waals surface area contributed by atoms with E-state index in [-0.39, 0.29) is 52.3 Å². The Balaban J connectivity index is 1.24. The summed E-state index contributed by atoms with van der Waals surface area (Å²) in [5.41, 5.74) is 0.280. The van der Waals surface area contributed by atoms with Crippen LogP contribution in [0.3, 0.4) is 0 Å². The van der Waals surface area contributed by atoms with Gasteiger partial charge in [0.2, 0.25) is 5.88 Å². The largest absolute Gasteiger partial charge is 0.472 e. The molecule has 7 heterocycles. The third-order valence-corrected chi connectivity index (χ3v) is 11.4. The van der Waals surface area contributed by atoms with E-state index >= 15 is 8.78 Å². The van der Waals surface area contributed by atoms with Gasteiger partial charge in [-0.25, -0.2) is 22.9 Å². The molecule has 2 bridgehead atoms. The van der Waals surface area contributed by atoms with Crippen molar-refractivity contribution < 1.29 is 32.5 Å². The molecule has 5 unspecified atom stereocenters. The summed E-state index contributed by atoms with van der Waals surface area (Å²) in [6.07, 6.45) is 8.41. The Labute approximate surface area is 285 Å². The Kier molecular flexibility index (Phi) is 6.94. The molecular weight excluding hydrogens is 649 g/mol. The summed E-state index contributed by atoms with van der Waals surface area (Å²) in [4.78, 5) is 32.4. The van der Waals surface area contributed by atoms with Gasteiger partial charge in [-0.1, -0.05) is 30.2 Å². The zero-order valence-corrected chi connectivity index (χ0v) is 27.2. The molecular formula is C37H33F3N6O4. The number of piperazine rings is 1. The molecule has 10 nitrogen and oxygen atoms in total. The van der Waals surface area contributed by atoms with Crippen LogP contribution < -0.4 is 14.4 Å². The van der Waals surface area contributed by atoms with Gasteiger partial charge < -0.3 is 19.5 Å². The Bertz CT molecular complexity index is 2190. The van der Waals surface area contributed by atoms with Gasteiger partial charge >= 0.3 is 12.1 Å². The lowest BCUT2D eigenvalue weighted by atomic mass is 9.94. The van der Waals surface area contributed by atoms with E-state index in [0.717, 1.165) is 19.4 Å². The van der Waals surface area contributed by atoms with Crippen LogP contribution in [0.2, 0.25) is 0 Å². The van der Waals surface area contributed by atoms with Gasteiger partial charge in [0.15, 0.2) is 5.82 Å². The molecule has 1 amide bonds. The SMILES string of the molecule is C#Cc1c(F)ccc2cccc(-c3nc4c5c(nc(OCC67CCCN6CC(=CF)C7)nc5c3F)N3CC5CCC(C3C(C)O4)N5C(=O)O)c12. The fourth-order valence-corrected chi connectivity index (χ4v) is 9.30. The van der Waals surface area contributed by atoms with Gasteiger partial charge in [0, 0.05) is 24.0 Å². The van der Waals surface area contributed by atoms with Crippen molar-refractivity contribution in [1.82, 2.24) is 24.8 Å². The Morgan fingerprint density at radius 2 is 2.06 bits per heavy atom. The first kappa shape index (κ1) is 30.9. The summed E-state index contributed by atoms with van der Waals surface area (Å²) in [5.74, 6) is 1.43. The van der Waals surface area contributed by atoms with Gasteiger partial charge in [0.25, 0.3) is 0 Å². The molecule has 9 rings (SSSR count). The highest BCUT2D eigenvalue weighted by Gasteiger charge is 2.53. The molecule has 1 N–H and O–H groups in total.